The van der Waals surface area contributed by atoms with Crippen molar-refractivity contribution in [3.8, 4) is 0 Å². The maximum Gasteiger partial charge on any atom is 0.349 e. The van der Waals surface area contributed by atoms with Gasteiger partial charge in [-0.05, 0) is 51.2 Å². The van der Waals surface area contributed by atoms with E-state index in [-0.39, 0.29) is 0 Å². The molecule has 0 amide bonds. The van der Waals surface area contributed by atoms with Gasteiger partial charge in [0.1, 0.15) is 5.76 Å². The van der Waals surface area contributed by atoms with Crippen LogP contribution >= 0.6 is 0 Å². The molecule has 2 aliphatic rings. The van der Waals surface area contributed by atoms with E-state index in [1.165, 1.54) is 50.5 Å². The summed E-state index contributed by atoms with van der Waals surface area (Å²) in [4.78, 5) is 0. The van der Waals surface area contributed by atoms with Crippen LogP contribution in [0.5, 0.6) is 0 Å². The summed E-state index contributed by atoms with van der Waals surface area (Å²) >= 11 is 0. The molecule has 21 heavy (non-hydrogen) atoms. The summed E-state index contributed by atoms with van der Waals surface area (Å²) < 4.78 is 17.6. The molecule has 0 aromatic rings. The van der Waals surface area contributed by atoms with Crippen LogP contribution in [0.25, 0.3) is 0 Å². The fraction of sp³-hybridized carbons (Fsp3) is 0.778. The summed E-state index contributed by atoms with van der Waals surface area (Å²) in [6.45, 7) is 5.11. The van der Waals surface area contributed by atoms with Gasteiger partial charge in [-0.25, -0.2) is 0 Å². The Kier molecular flexibility index (Phi) is 6.78. The van der Waals surface area contributed by atoms with Crippen LogP contribution in [0, 0.1) is 0 Å². The molecule has 0 aromatic heterocycles. The fourth-order valence-corrected chi connectivity index (χ4v) is 3.06. The second-order valence-corrected chi connectivity index (χ2v) is 5.82. The van der Waals surface area contributed by atoms with E-state index in [1.807, 2.05) is 13.8 Å². The van der Waals surface area contributed by atoms with E-state index >= 15 is 0 Å². The first-order valence-corrected chi connectivity index (χ1v) is 8.69. The lowest BCUT2D eigenvalue weighted by Gasteiger charge is -2.26. The minimum Gasteiger partial charge on any atom is -0.436 e. The van der Waals surface area contributed by atoms with Crippen LogP contribution in [-0.2, 0) is 14.2 Å². The topological polar surface area (TPSA) is 27.7 Å². The van der Waals surface area contributed by atoms with E-state index in [2.05, 4.69) is 12.2 Å². The van der Waals surface area contributed by atoms with Gasteiger partial charge < -0.3 is 14.2 Å². The third-order valence-corrected chi connectivity index (χ3v) is 4.09. The van der Waals surface area contributed by atoms with Gasteiger partial charge in [0.15, 0.2) is 0 Å². The Bertz CT molecular complexity index is 365. The van der Waals surface area contributed by atoms with E-state index in [4.69, 9.17) is 14.2 Å². The molecule has 0 saturated carbocycles. The summed E-state index contributed by atoms with van der Waals surface area (Å²) in [6, 6.07) is 0. The Labute approximate surface area is 129 Å². The number of hydrogen-bond donors (Lipinski definition) is 0. The third kappa shape index (κ3) is 4.86. The van der Waals surface area contributed by atoms with Gasteiger partial charge in [-0.15, -0.1) is 0 Å². The van der Waals surface area contributed by atoms with Crippen LogP contribution in [0.15, 0.2) is 23.5 Å². The second-order valence-electron chi connectivity index (χ2n) is 5.82. The first-order chi connectivity index (χ1) is 10.3. The highest BCUT2D eigenvalue weighted by atomic mass is 16.9. The van der Waals surface area contributed by atoms with E-state index < -0.39 is 5.97 Å². The van der Waals surface area contributed by atoms with Crippen molar-refractivity contribution in [3.63, 3.8) is 0 Å². The lowest BCUT2D eigenvalue weighted by atomic mass is 10.0. The van der Waals surface area contributed by atoms with E-state index in [1.54, 1.807) is 0 Å². The van der Waals surface area contributed by atoms with Crippen molar-refractivity contribution in [2.75, 3.05) is 13.2 Å². The standard InChI is InChI=1S/C18H30O3/c1-3-19-18(20-4-2)15-16-13-11-9-7-5-6-8-10-12-14-17(16)21-18/h14-15H,3-13H2,1-2H3/b17-14+. The van der Waals surface area contributed by atoms with Crippen molar-refractivity contribution in [1.29, 1.82) is 0 Å². The summed E-state index contributed by atoms with van der Waals surface area (Å²) in [5.74, 6) is 0.00247. The van der Waals surface area contributed by atoms with E-state index in [0.29, 0.717) is 13.2 Å². The maximum absolute atomic E-state index is 6.06. The van der Waals surface area contributed by atoms with Gasteiger partial charge in [-0.3, -0.25) is 0 Å². The van der Waals surface area contributed by atoms with Crippen molar-refractivity contribution in [2.45, 2.75) is 77.6 Å². The predicted molar refractivity (Wildman–Crippen MR) is 84.8 cm³/mol. The summed E-state index contributed by atoms with van der Waals surface area (Å²) in [5, 5.41) is 0. The number of rotatable bonds is 4. The number of hydrogen-bond acceptors (Lipinski definition) is 3. The highest BCUT2D eigenvalue weighted by molar-refractivity contribution is 5.32. The first kappa shape index (κ1) is 16.6. The van der Waals surface area contributed by atoms with Crippen LogP contribution in [-0.4, -0.2) is 19.2 Å². The molecule has 1 aliphatic carbocycles. The smallest absolute Gasteiger partial charge is 0.349 e. The highest BCUT2D eigenvalue weighted by Crippen LogP contribution is 2.37. The monoisotopic (exact) mass is 294 g/mol. The van der Waals surface area contributed by atoms with Crippen molar-refractivity contribution in [2.24, 2.45) is 0 Å². The van der Waals surface area contributed by atoms with Crippen LogP contribution < -0.4 is 0 Å². The van der Waals surface area contributed by atoms with E-state index in [0.717, 1.165) is 18.6 Å². The molecule has 0 radical (unpaired) electrons. The molecular weight excluding hydrogens is 264 g/mol. The van der Waals surface area contributed by atoms with Gasteiger partial charge in [0, 0.05) is 6.08 Å². The van der Waals surface area contributed by atoms with Crippen LogP contribution in [0.4, 0.5) is 0 Å². The first-order valence-electron chi connectivity index (χ1n) is 8.69. The Morgan fingerprint density at radius 3 is 2.24 bits per heavy atom. The molecule has 120 valence electrons. The molecule has 0 saturated heterocycles. The highest BCUT2D eigenvalue weighted by Gasteiger charge is 2.39. The SMILES string of the molecule is CCOC1(OCC)C=C2CCCCCCCCC/C=C\2O1. The van der Waals surface area contributed by atoms with Gasteiger partial charge in [-0.2, -0.15) is 0 Å². The molecule has 0 unspecified atom stereocenters. The lowest BCUT2D eigenvalue weighted by molar-refractivity contribution is -0.324. The molecule has 1 aliphatic heterocycles. The van der Waals surface area contributed by atoms with Crippen molar-refractivity contribution in [1.82, 2.24) is 0 Å². The largest absolute Gasteiger partial charge is 0.436 e. The molecule has 3 heteroatoms. The molecule has 0 bridgehead atoms. The maximum atomic E-state index is 6.06. The van der Waals surface area contributed by atoms with Gasteiger partial charge in [0.25, 0.3) is 0 Å². The van der Waals surface area contributed by atoms with Crippen molar-refractivity contribution in [3.05, 3.63) is 23.5 Å². The van der Waals surface area contributed by atoms with Gasteiger partial charge >= 0.3 is 5.97 Å². The van der Waals surface area contributed by atoms with Crippen LogP contribution in [0.3, 0.4) is 0 Å². The van der Waals surface area contributed by atoms with Crippen molar-refractivity contribution < 1.29 is 14.2 Å². The van der Waals surface area contributed by atoms with Gasteiger partial charge in [0.05, 0.1) is 13.2 Å². The van der Waals surface area contributed by atoms with Crippen molar-refractivity contribution >= 4 is 0 Å². The molecule has 0 spiro atoms. The second kappa shape index (κ2) is 8.60. The summed E-state index contributed by atoms with van der Waals surface area (Å²) in [6.07, 6.45) is 15.6. The van der Waals surface area contributed by atoms with Gasteiger partial charge in [-0.1, -0.05) is 32.1 Å². The number of fused-ring (bicyclic) bond motifs is 1. The minimum absolute atomic E-state index is 0.580. The molecule has 1 heterocycles. The Balaban J connectivity index is 2.11. The van der Waals surface area contributed by atoms with E-state index in [9.17, 15) is 0 Å². The number of ether oxygens (including phenoxy) is 3. The molecule has 3 nitrogen and oxygen atoms in total. The fourth-order valence-electron chi connectivity index (χ4n) is 3.06. The molecule has 0 N–H and O–H groups in total. The molecular formula is C18H30O3. The Hall–Kier alpha value is -0.800. The van der Waals surface area contributed by atoms with Crippen LogP contribution in [0.2, 0.25) is 0 Å². The molecule has 2 rings (SSSR count). The lowest BCUT2D eigenvalue weighted by Crippen LogP contribution is -2.34. The quantitative estimate of drug-likeness (QED) is 0.677. The zero-order chi connectivity index (χ0) is 15.0. The van der Waals surface area contributed by atoms with Crippen LogP contribution in [0.1, 0.15) is 71.6 Å². The molecule has 0 fully saturated rings. The normalized spacial score (nSPS) is 25.6. The molecule has 0 aromatic carbocycles. The van der Waals surface area contributed by atoms with Gasteiger partial charge in [0.2, 0.25) is 0 Å². The predicted octanol–water partition coefficient (Wildman–Crippen LogP) is 5.08. The zero-order valence-electron chi connectivity index (χ0n) is 13.7. The molecule has 0 atom stereocenters. The average molecular weight is 294 g/mol. The summed E-state index contributed by atoms with van der Waals surface area (Å²) in [7, 11) is 0. The Morgan fingerprint density at radius 1 is 0.952 bits per heavy atom. The zero-order valence-corrected chi connectivity index (χ0v) is 13.7. The minimum atomic E-state index is -0.981. The Morgan fingerprint density at radius 2 is 1.57 bits per heavy atom. The average Bonchev–Trinajstić information content (AvgIpc) is 2.78. The number of allylic oxidation sites excluding steroid dienone is 2. The third-order valence-electron chi connectivity index (χ3n) is 4.09. The summed E-state index contributed by atoms with van der Waals surface area (Å²) in [5.41, 5.74) is 1.26.